The molecule has 2 aromatic rings. The molecule has 0 saturated heterocycles. The molecule has 0 fully saturated rings. The van der Waals surface area contributed by atoms with Gasteiger partial charge in [0.25, 0.3) is 0 Å². The highest BCUT2D eigenvalue weighted by Gasteiger charge is 2.12. The van der Waals surface area contributed by atoms with Crippen molar-refractivity contribution >= 4 is 11.9 Å². The van der Waals surface area contributed by atoms with E-state index in [1.54, 1.807) is 19.1 Å². The van der Waals surface area contributed by atoms with Crippen LogP contribution in [-0.2, 0) is 14.3 Å². The van der Waals surface area contributed by atoms with Gasteiger partial charge in [0, 0.05) is 11.1 Å². The molecular formula is C23H26O5. The van der Waals surface area contributed by atoms with Crippen LogP contribution < -0.4 is 0 Å². The van der Waals surface area contributed by atoms with Gasteiger partial charge in [0.05, 0.1) is 18.8 Å². The third kappa shape index (κ3) is 6.58. The van der Waals surface area contributed by atoms with Crippen molar-refractivity contribution in [3.63, 3.8) is 0 Å². The summed E-state index contributed by atoms with van der Waals surface area (Å²) < 4.78 is 10.3. The number of phenolic OH excluding ortho intramolecular Hbond substituents is 1. The van der Waals surface area contributed by atoms with Gasteiger partial charge in [0.15, 0.2) is 0 Å². The van der Waals surface area contributed by atoms with Crippen molar-refractivity contribution in [1.82, 2.24) is 0 Å². The first-order chi connectivity index (χ1) is 13.5. The van der Waals surface area contributed by atoms with Crippen LogP contribution >= 0.6 is 0 Å². The van der Waals surface area contributed by atoms with Gasteiger partial charge in [-0.1, -0.05) is 36.9 Å². The first-order valence-corrected chi connectivity index (χ1v) is 9.37. The predicted molar refractivity (Wildman–Crippen MR) is 108 cm³/mol. The van der Waals surface area contributed by atoms with Crippen LogP contribution in [-0.4, -0.2) is 30.3 Å². The van der Waals surface area contributed by atoms with E-state index in [9.17, 15) is 14.7 Å². The second-order valence-electron chi connectivity index (χ2n) is 6.56. The highest BCUT2D eigenvalue weighted by atomic mass is 16.5. The van der Waals surface area contributed by atoms with E-state index >= 15 is 0 Å². The molecule has 0 aliphatic rings. The Bertz CT molecular complexity index is 811. The van der Waals surface area contributed by atoms with Gasteiger partial charge in [-0.3, -0.25) is 0 Å². The lowest BCUT2D eigenvalue weighted by Gasteiger charge is -2.09. The largest absolute Gasteiger partial charge is 0.507 e. The van der Waals surface area contributed by atoms with E-state index < -0.39 is 5.97 Å². The van der Waals surface area contributed by atoms with Gasteiger partial charge in [-0.05, 0) is 56.4 Å². The molecule has 0 aliphatic carbocycles. The van der Waals surface area contributed by atoms with Crippen molar-refractivity contribution in [2.75, 3.05) is 13.2 Å². The second kappa shape index (κ2) is 10.9. The lowest BCUT2D eigenvalue weighted by molar-refractivity contribution is -0.139. The zero-order valence-corrected chi connectivity index (χ0v) is 16.1. The van der Waals surface area contributed by atoms with Crippen LogP contribution in [0.15, 0.2) is 60.7 Å². The number of hydrogen-bond donors (Lipinski definition) is 1. The van der Waals surface area contributed by atoms with Gasteiger partial charge in [0.2, 0.25) is 0 Å². The molecule has 28 heavy (non-hydrogen) atoms. The molecule has 5 nitrogen and oxygen atoms in total. The number of aromatic hydroxyl groups is 1. The Morgan fingerprint density at radius 3 is 2.21 bits per heavy atom. The van der Waals surface area contributed by atoms with E-state index in [-0.39, 0.29) is 11.7 Å². The molecule has 148 valence electrons. The smallest absolute Gasteiger partial charge is 0.338 e. The lowest BCUT2D eigenvalue weighted by atomic mass is 10.0. The predicted octanol–water partition coefficient (Wildman–Crippen LogP) is 4.90. The van der Waals surface area contributed by atoms with E-state index in [1.807, 2.05) is 30.3 Å². The maximum Gasteiger partial charge on any atom is 0.338 e. The fraction of sp³-hybridized carbons (Fsp3) is 0.304. The second-order valence-corrected chi connectivity index (χ2v) is 6.56. The van der Waals surface area contributed by atoms with Crippen molar-refractivity contribution in [1.29, 1.82) is 0 Å². The van der Waals surface area contributed by atoms with Gasteiger partial charge in [-0.25, -0.2) is 9.59 Å². The maximum absolute atomic E-state index is 12.2. The minimum absolute atomic E-state index is 0.120. The monoisotopic (exact) mass is 382 g/mol. The summed E-state index contributed by atoms with van der Waals surface area (Å²) in [6, 6.07) is 14.1. The molecule has 0 aromatic heterocycles. The number of unbranched alkanes of at least 4 members (excludes halogenated alkanes) is 3. The van der Waals surface area contributed by atoms with E-state index in [1.165, 1.54) is 6.07 Å². The lowest BCUT2D eigenvalue weighted by Crippen LogP contribution is -2.07. The highest BCUT2D eigenvalue weighted by molar-refractivity contribution is 5.92. The third-order valence-corrected chi connectivity index (χ3v) is 4.17. The summed E-state index contributed by atoms with van der Waals surface area (Å²) in [5, 5.41) is 10.1. The van der Waals surface area contributed by atoms with Crippen molar-refractivity contribution in [2.24, 2.45) is 0 Å². The van der Waals surface area contributed by atoms with Crippen molar-refractivity contribution in [2.45, 2.75) is 32.6 Å². The summed E-state index contributed by atoms with van der Waals surface area (Å²) in [5.41, 5.74) is 2.24. The SMILES string of the molecule is C=C(C)C(=O)OCCCCCCOC(=O)c1ccc(O)c(-c2ccccc2)c1. The molecule has 2 rings (SSSR count). The Kier molecular flexibility index (Phi) is 8.28. The van der Waals surface area contributed by atoms with E-state index in [2.05, 4.69) is 6.58 Å². The molecule has 2 aromatic carbocycles. The number of benzene rings is 2. The van der Waals surface area contributed by atoms with E-state index in [0.717, 1.165) is 31.2 Å². The molecule has 5 heteroatoms. The van der Waals surface area contributed by atoms with E-state index in [4.69, 9.17) is 9.47 Å². The molecule has 0 saturated carbocycles. The van der Waals surface area contributed by atoms with Gasteiger partial charge >= 0.3 is 11.9 Å². The molecule has 0 spiro atoms. The summed E-state index contributed by atoms with van der Waals surface area (Å²) >= 11 is 0. The van der Waals surface area contributed by atoms with Gasteiger partial charge in [-0.2, -0.15) is 0 Å². The van der Waals surface area contributed by atoms with Gasteiger partial charge in [0.1, 0.15) is 5.75 Å². The first kappa shape index (κ1) is 21.2. The van der Waals surface area contributed by atoms with Gasteiger partial charge in [-0.15, -0.1) is 0 Å². The van der Waals surface area contributed by atoms with Crippen LogP contribution in [0, 0.1) is 0 Å². The quantitative estimate of drug-likeness (QED) is 0.360. The van der Waals surface area contributed by atoms with Crippen LogP contribution in [0.4, 0.5) is 0 Å². The Morgan fingerprint density at radius 1 is 0.929 bits per heavy atom. The number of hydrogen-bond acceptors (Lipinski definition) is 5. The van der Waals surface area contributed by atoms with E-state index in [0.29, 0.717) is 29.9 Å². The Morgan fingerprint density at radius 2 is 1.57 bits per heavy atom. The zero-order chi connectivity index (χ0) is 20.4. The maximum atomic E-state index is 12.2. The molecule has 0 amide bonds. The normalized spacial score (nSPS) is 10.3. The van der Waals surface area contributed by atoms with Crippen LogP contribution in [0.25, 0.3) is 11.1 Å². The van der Waals surface area contributed by atoms with Crippen LogP contribution in [0.5, 0.6) is 5.75 Å². The van der Waals surface area contributed by atoms with Crippen molar-refractivity contribution in [3.8, 4) is 16.9 Å². The molecule has 0 heterocycles. The number of rotatable bonds is 10. The van der Waals surface area contributed by atoms with Crippen molar-refractivity contribution in [3.05, 3.63) is 66.2 Å². The third-order valence-electron chi connectivity index (χ3n) is 4.17. The molecule has 0 radical (unpaired) electrons. The summed E-state index contributed by atoms with van der Waals surface area (Å²) in [6.45, 7) is 5.85. The highest BCUT2D eigenvalue weighted by Crippen LogP contribution is 2.30. The van der Waals surface area contributed by atoms with Crippen LogP contribution in [0.3, 0.4) is 0 Å². The number of esters is 2. The average molecular weight is 382 g/mol. The molecule has 0 unspecified atom stereocenters. The fourth-order valence-corrected chi connectivity index (χ4v) is 2.61. The molecule has 0 atom stereocenters. The van der Waals surface area contributed by atoms with Gasteiger partial charge < -0.3 is 14.6 Å². The Hall–Kier alpha value is -3.08. The number of ether oxygens (including phenoxy) is 2. The topological polar surface area (TPSA) is 72.8 Å². The number of phenols is 1. The first-order valence-electron chi connectivity index (χ1n) is 9.37. The summed E-state index contributed by atoms with van der Waals surface area (Å²) in [5.74, 6) is -0.652. The molecule has 1 N–H and O–H groups in total. The summed E-state index contributed by atoms with van der Waals surface area (Å²) in [6.07, 6.45) is 3.27. The van der Waals surface area contributed by atoms with Crippen LogP contribution in [0.1, 0.15) is 43.0 Å². The molecule has 0 aliphatic heterocycles. The zero-order valence-electron chi connectivity index (χ0n) is 16.1. The fourth-order valence-electron chi connectivity index (χ4n) is 2.61. The summed E-state index contributed by atoms with van der Waals surface area (Å²) in [4.78, 5) is 23.5. The Balaban J connectivity index is 1.72. The summed E-state index contributed by atoms with van der Waals surface area (Å²) in [7, 11) is 0. The van der Waals surface area contributed by atoms with Crippen molar-refractivity contribution < 1.29 is 24.2 Å². The Labute approximate surface area is 165 Å². The average Bonchev–Trinajstić information content (AvgIpc) is 2.70. The standard InChI is InChI=1S/C23H26O5/c1-17(2)22(25)27-14-8-3-4-9-15-28-23(26)19-12-13-21(24)20(16-19)18-10-6-5-7-11-18/h5-7,10-13,16,24H,1,3-4,8-9,14-15H2,2H3. The minimum Gasteiger partial charge on any atom is -0.507 e. The molecular weight excluding hydrogens is 356 g/mol. The van der Waals surface area contributed by atoms with Crippen LogP contribution in [0.2, 0.25) is 0 Å². The number of carbonyl (C=O) groups excluding carboxylic acids is 2. The minimum atomic E-state index is -0.410. The number of carbonyl (C=O) groups is 2. The molecule has 0 bridgehead atoms.